The zero-order valence-electron chi connectivity index (χ0n) is 12.0. The molecular weight excluding hydrogens is 301 g/mol. The summed E-state index contributed by atoms with van der Waals surface area (Å²) >= 11 is 0. The molecule has 120 valence electrons. The van der Waals surface area contributed by atoms with Crippen LogP contribution >= 0.6 is 0 Å². The molecular formula is C14H15F3N2O3. The highest BCUT2D eigenvalue weighted by molar-refractivity contribution is 5.97. The first kappa shape index (κ1) is 16.3. The van der Waals surface area contributed by atoms with Crippen LogP contribution in [0.25, 0.3) is 0 Å². The minimum absolute atomic E-state index is 0.0472. The minimum atomic E-state index is -4.66. The number of halogens is 3. The van der Waals surface area contributed by atoms with Crippen molar-refractivity contribution in [3.8, 4) is 0 Å². The number of amides is 1. The van der Waals surface area contributed by atoms with Crippen LogP contribution in [0.3, 0.4) is 0 Å². The third kappa shape index (κ3) is 2.90. The number of nitrogens with zero attached hydrogens (tertiary/aromatic N) is 2. The molecule has 1 N–H and O–H groups in total. The van der Waals surface area contributed by atoms with E-state index in [1.165, 1.54) is 0 Å². The third-order valence-corrected chi connectivity index (χ3v) is 4.01. The van der Waals surface area contributed by atoms with Gasteiger partial charge in [0.1, 0.15) is 11.7 Å². The maximum absolute atomic E-state index is 12.7. The summed E-state index contributed by atoms with van der Waals surface area (Å²) in [5.74, 6) is -1.93. The summed E-state index contributed by atoms with van der Waals surface area (Å²) in [5, 5.41) is 9.21. The lowest BCUT2D eigenvalue weighted by Crippen LogP contribution is -2.44. The highest BCUT2D eigenvalue weighted by atomic mass is 19.4. The second kappa shape index (κ2) is 5.58. The molecule has 1 aromatic rings. The smallest absolute Gasteiger partial charge is 0.433 e. The Bertz CT molecular complexity index is 603. The van der Waals surface area contributed by atoms with Crippen molar-refractivity contribution in [1.29, 1.82) is 0 Å². The molecule has 1 fully saturated rings. The standard InChI is InChI=1S/C14H15F3N2O3/c1-7-5-10(13(21)22)19(8(7)2)12(20)9-3-4-18-11(6-9)14(15,16)17/h3-4,6-8,10H,5H2,1-2H3,(H,21,22)/t7-,8-,10-/m1/s1. The average molecular weight is 316 g/mol. The van der Waals surface area contributed by atoms with E-state index in [1.54, 1.807) is 6.92 Å². The van der Waals surface area contributed by atoms with E-state index < -0.39 is 29.8 Å². The van der Waals surface area contributed by atoms with Crippen molar-refractivity contribution in [3.05, 3.63) is 29.6 Å². The van der Waals surface area contributed by atoms with Crippen LogP contribution in [0, 0.1) is 5.92 Å². The summed E-state index contributed by atoms with van der Waals surface area (Å²) in [6.45, 7) is 3.50. The van der Waals surface area contributed by atoms with Crippen molar-refractivity contribution in [1.82, 2.24) is 9.88 Å². The molecule has 8 heteroatoms. The van der Waals surface area contributed by atoms with Gasteiger partial charge in [-0.05, 0) is 31.4 Å². The number of carboxylic acids is 1. The number of hydrogen-bond acceptors (Lipinski definition) is 3. The van der Waals surface area contributed by atoms with Gasteiger partial charge >= 0.3 is 12.1 Å². The zero-order valence-corrected chi connectivity index (χ0v) is 12.0. The van der Waals surface area contributed by atoms with Crippen molar-refractivity contribution in [3.63, 3.8) is 0 Å². The number of alkyl halides is 3. The van der Waals surface area contributed by atoms with Gasteiger partial charge in [-0.15, -0.1) is 0 Å². The SMILES string of the molecule is C[C@@H]1C[C@H](C(=O)O)N(C(=O)c2ccnc(C(F)(F)F)c2)[C@@H]1C. The molecule has 0 bridgehead atoms. The van der Waals surface area contributed by atoms with Crippen LogP contribution in [0.1, 0.15) is 36.3 Å². The van der Waals surface area contributed by atoms with Crippen LogP contribution in [0.5, 0.6) is 0 Å². The first-order valence-electron chi connectivity index (χ1n) is 6.71. The van der Waals surface area contributed by atoms with Gasteiger partial charge < -0.3 is 10.0 Å². The summed E-state index contributed by atoms with van der Waals surface area (Å²) < 4.78 is 38.0. The monoisotopic (exact) mass is 316 g/mol. The van der Waals surface area contributed by atoms with Gasteiger partial charge in [-0.25, -0.2) is 4.79 Å². The molecule has 1 amide bonds. The lowest BCUT2D eigenvalue weighted by Gasteiger charge is -2.27. The van der Waals surface area contributed by atoms with Crippen LogP contribution in [-0.4, -0.2) is 39.0 Å². The second-order valence-electron chi connectivity index (χ2n) is 5.45. The number of aromatic nitrogens is 1. The molecule has 0 aromatic carbocycles. The molecule has 1 aliphatic rings. The predicted molar refractivity (Wildman–Crippen MR) is 70.1 cm³/mol. The molecule has 22 heavy (non-hydrogen) atoms. The quantitative estimate of drug-likeness (QED) is 0.909. The van der Waals surface area contributed by atoms with E-state index in [0.717, 1.165) is 17.2 Å². The maximum Gasteiger partial charge on any atom is 0.433 e. The number of aliphatic carboxylic acids is 1. The largest absolute Gasteiger partial charge is 0.480 e. The van der Waals surface area contributed by atoms with Gasteiger partial charge in [-0.2, -0.15) is 13.2 Å². The second-order valence-corrected chi connectivity index (χ2v) is 5.45. The Morgan fingerprint density at radius 1 is 1.36 bits per heavy atom. The summed E-state index contributed by atoms with van der Waals surface area (Å²) in [6, 6.07) is 0.416. The minimum Gasteiger partial charge on any atom is -0.480 e. The highest BCUT2D eigenvalue weighted by Gasteiger charge is 2.43. The number of carbonyl (C=O) groups is 2. The molecule has 1 aromatic heterocycles. The number of carbonyl (C=O) groups excluding carboxylic acids is 1. The van der Waals surface area contributed by atoms with E-state index >= 15 is 0 Å². The molecule has 0 unspecified atom stereocenters. The topological polar surface area (TPSA) is 70.5 Å². The molecule has 2 heterocycles. The zero-order chi connectivity index (χ0) is 16.7. The average Bonchev–Trinajstić information content (AvgIpc) is 2.74. The Morgan fingerprint density at radius 3 is 2.55 bits per heavy atom. The number of carboxylic acid groups (broad SMARTS) is 1. The van der Waals surface area contributed by atoms with Gasteiger partial charge in [0.2, 0.25) is 0 Å². The first-order valence-corrected chi connectivity index (χ1v) is 6.71. The Labute approximate surface area is 124 Å². The summed E-state index contributed by atoms with van der Waals surface area (Å²) in [6.07, 6.45) is -3.48. The van der Waals surface area contributed by atoms with E-state index in [-0.39, 0.29) is 23.9 Å². The van der Waals surface area contributed by atoms with Crippen LogP contribution in [-0.2, 0) is 11.0 Å². The van der Waals surface area contributed by atoms with Crippen molar-refractivity contribution in [2.24, 2.45) is 5.92 Å². The fourth-order valence-corrected chi connectivity index (χ4v) is 2.63. The Hall–Kier alpha value is -2.12. The Morgan fingerprint density at radius 2 is 2.00 bits per heavy atom. The number of pyridine rings is 1. The third-order valence-electron chi connectivity index (χ3n) is 4.01. The summed E-state index contributed by atoms with van der Waals surface area (Å²) in [7, 11) is 0. The van der Waals surface area contributed by atoms with E-state index in [2.05, 4.69) is 4.98 Å². The van der Waals surface area contributed by atoms with Gasteiger partial charge in [-0.3, -0.25) is 9.78 Å². The van der Waals surface area contributed by atoms with Gasteiger partial charge in [0.05, 0.1) is 0 Å². The Kier molecular flexibility index (Phi) is 4.12. The molecule has 0 aliphatic carbocycles. The van der Waals surface area contributed by atoms with Crippen LogP contribution < -0.4 is 0 Å². The lowest BCUT2D eigenvalue weighted by atomic mass is 10.0. The van der Waals surface area contributed by atoms with Gasteiger partial charge in [0.15, 0.2) is 0 Å². The van der Waals surface area contributed by atoms with E-state index in [4.69, 9.17) is 0 Å². The normalized spacial score (nSPS) is 25.3. The van der Waals surface area contributed by atoms with Gasteiger partial charge in [0, 0.05) is 17.8 Å². The summed E-state index contributed by atoms with van der Waals surface area (Å²) in [5.41, 5.74) is -1.39. The lowest BCUT2D eigenvalue weighted by molar-refractivity contribution is -0.142. The predicted octanol–water partition coefficient (Wildman–Crippen LogP) is 2.42. The Balaban J connectivity index is 2.36. The number of likely N-dealkylation sites (tertiary alicyclic amines) is 1. The van der Waals surface area contributed by atoms with Crippen molar-refractivity contribution in [2.45, 2.75) is 38.5 Å². The molecule has 0 saturated carbocycles. The van der Waals surface area contributed by atoms with Gasteiger partial charge in [-0.1, -0.05) is 6.92 Å². The van der Waals surface area contributed by atoms with Crippen molar-refractivity contribution < 1.29 is 27.9 Å². The molecule has 2 rings (SSSR count). The number of rotatable bonds is 2. The van der Waals surface area contributed by atoms with Crippen molar-refractivity contribution in [2.75, 3.05) is 0 Å². The van der Waals surface area contributed by atoms with Crippen LogP contribution in [0.15, 0.2) is 18.3 Å². The van der Waals surface area contributed by atoms with Crippen molar-refractivity contribution >= 4 is 11.9 Å². The van der Waals surface area contributed by atoms with E-state index in [9.17, 15) is 27.9 Å². The molecule has 1 saturated heterocycles. The molecule has 3 atom stereocenters. The molecule has 1 aliphatic heterocycles. The molecule has 0 radical (unpaired) electrons. The van der Waals surface area contributed by atoms with Crippen LogP contribution in [0.2, 0.25) is 0 Å². The van der Waals surface area contributed by atoms with E-state index in [0.29, 0.717) is 6.07 Å². The first-order chi connectivity index (χ1) is 10.1. The molecule has 0 spiro atoms. The van der Waals surface area contributed by atoms with E-state index in [1.807, 2.05) is 6.92 Å². The fourth-order valence-electron chi connectivity index (χ4n) is 2.63. The summed E-state index contributed by atoms with van der Waals surface area (Å²) in [4.78, 5) is 28.1. The van der Waals surface area contributed by atoms with Gasteiger partial charge in [0.25, 0.3) is 5.91 Å². The number of hydrogen-bond donors (Lipinski definition) is 1. The maximum atomic E-state index is 12.7. The highest BCUT2D eigenvalue weighted by Crippen LogP contribution is 2.32. The fraction of sp³-hybridized carbons (Fsp3) is 0.500. The molecule has 5 nitrogen and oxygen atoms in total. The van der Waals surface area contributed by atoms with Crippen LogP contribution in [0.4, 0.5) is 13.2 Å².